The van der Waals surface area contributed by atoms with Gasteiger partial charge >= 0.3 is 5.97 Å². The van der Waals surface area contributed by atoms with Crippen molar-refractivity contribution in [3.63, 3.8) is 0 Å². The van der Waals surface area contributed by atoms with Gasteiger partial charge < -0.3 is 9.15 Å². The van der Waals surface area contributed by atoms with Gasteiger partial charge in [0.1, 0.15) is 25.1 Å². The van der Waals surface area contributed by atoms with Gasteiger partial charge in [-0.1, -0.05) is 29.3 Å². The zero-order valence-corrected chi connectivity index (χ0v) is 16.3. The third kappa shape index (κ3) is 3.42. The summed E-state index contributed by atoms with van der Waals surface area (Å²) in [5, 5.41) is 2.19. The zero-order chi connectivity index (χ0) is 19.8. The minimum atomic E-state index is -0.757. The van der Waals surface area contributed by atoms with Crippen molar-refractivity contribution in [2.24, 2.45) is 0 Å². The number of fused-ring (bicyclic) bond motifs is 1. The Kier molecular flexibility index (Phi) is 4.92. The van der Waals surface area contributed by atoms with E-state index < -0.39 is 24.3 Å². The standard InChI is InChI=1S/C18H10Cl2N2O5S/c19-12-4-10-11(5-13(12)20)18(25)22(17(10)24)6-15(23)26-7-9-8-27-16(21-9)14-2-1-3-28-14/h1-5,8H,6-7H2. The molecule has 0 radical (unpaired) electrons. The minimum Gasteiger partial charge on any atom is -0.458 e. The topological polar surface area (TPSA) is 89.7 Å². The molecule has 3 aromatic rings. The van der Waals surface area contributed by atoms with E-state index in [1.165, 1.54) is 29.7 Å². The number of amides is 2. The Hall–Kier alpha value is -2.68. The number of halogens is 2. The van der Waals surface area contributed by atoms with Crippen LogP contribution in [0.15, 0.2) is 40.3 Å². The minimum absolute atomic E-state index is 0.101. The summed E-state index contributed by atoms with van der Waals surface area (Å²) < 4.78 is 10.4. The molecule has 0 fully saturated rings. The number of esters is 1. The van der Waals surface area contributed by atoms with Crippen LogP contribution in [0, 0.1) is 0 Å². The summed E-state index contributed by atoms with van der Waals surface area (Å²) in [6.07, 6.45) is 1.38. The summed E-state index contributed by atoms with van der Waals surface area (Å²) in [5.41, 5.74) is 0.617. The van der Waals surface area contributed by atoms with Gasteiger partial charge in [-0.05, 0) is 23.6 Å². The first-order valence-electron chi connectivity index (χ1n) is 7.93. The summed E-state index contributed by atoms with van der Waals surface area (Å²) >= 11 is 13.3. The fourth-order valence-electron chi connectivity index (χ4n) is 2.64. The number of oxazole rings is 1. The van der Waals surface area contributed by atoms with E-state index in [-0.39, 0.29) is 27.8 Å². The number of aromatic nitrogens is 1. The number of nitrogens with zero attached hydrogens (tertiary/aromatic N) is 2. The molecule has 0 saturated heterocycles. The van der Waals surface area contributed by atoms with Crippen LogP contribution in [-0.4, -0.2) is 34.2 Å². The molecule has 1 aliphatic rings. The molecule has 0 aliphatic carbocycles. The summed E-state index contributed by atoms with van der Waals surface area (Å²) in [5.74, 6) is -1.59. The highest BCUT2D eigenvalue weighted by Crippen LogP contribution is 2.31. The molecule has 1 aliphatic heterocycles. The molecule has 28 heavy (non-hydrogen) atoms. The number of hydrogen-bond acceptors (Lipinski definition) is 7. The van der Waals surface area contributed by atoms with Gasteiger partial charge in [0.05, 0.1) is 26.0 Å². The molecule has 2 aromatic heterocycles. The second kappa shape index (κ2) is 7.38. The van der Waals surface area contributed by atoms with E-state index in [0.29, 0.717) is 11.6 Å². The first kappa shape index (κ1) is 18.7. The maximum Gasteiger partial charge on any atom is 0.326 e. The predicted molar refractivity (Wildman–Crippen MR) is 101 cm³/mol. The molecule has 10 heteroatoms. The molecule has 4 rings (SSSR count). The Morgan fingerprint density at radius 2 is 1.86 bits per heavy atom. The van der Waals surface area contributed by atoms with Gasteiger partial charge in [-0.2, -0.15) is 0 Å². The van der Waals surface area contributed by atoms with E-state index in [9.17, 15) is 14.4 Å². The molecular weight excluding hydrogens is 427 g/mol. The fraction of sp³-hybridized carbons (Fsp3) is 0.111. The van der Waals surface area contributed by atoms with Crippen LogP contribution < -0.4 is 0 Å². The summed E-state index contributed by atoms with van der Waals surface area (Å²) in [7, 11) is 0. The van der Waals surface area contributed by atoms with E-state index in [4.69, 9.17) is 32.4 Å². The number of carbonyl (C=O) groups is 3. The summed E-state index contributed by atoms with van der Waals surface area (Å²) in [6.45, 7) is -0.675. The van der Waals surface area contributed by atoms with Crippen molar-refractivity contribution in [1.82, 2.24) is 9.88 Å². The average Bonchev–Trinajstić information content (AvgIpc) is 3.39. The first-order chi connectivity index (χ1) is 13.4. The molecule has 2 amide bonds. The molecule has 0 saturated carbocycles. The molecule has 7 nitrogen and oxygen atoms in total. The number of benzene rings is 1. The van der Waals surface area contributed by atoms with Gasteiger partial charge in [-0.15, -0.1) is 11.3 Å². The molecule has 0 bridgehead atoms. The largest absolute Gasteiger partial charge is 0.458 e. The molecule has 1 aromatic carbocycles. The van der Waals surface area contributed by atoms with Crippen molar-refractivity contribution in [2.75, 3.05) is 6.54 Å². The van der Waals surface area contributed by atoms with Crippen LogP contribution in [0.25, 0.3) is 10.8 Å². The second-order valence-electron chi connectivity index (χ2n) is 5.79. The maximum absolute atomic E-state index is 12.4. The number of thiophene rings is 1. The Morgan fingerprint density at radius 1 is 1.18 bits per heavy atom. The van der Waals surface area contributed by atoms with Gasteiger partial charge in [-0.3, -0.25) is 19.3 Å². The number of ether oxygens (including phenoxy) is 1. The van der Waals surface area contributed by atoms with Crippen molar-refractivity contribution >= 4 is 52.3 Å². The average molecular weight is 437 g/mol. The first-order valence-corrected chi connectivity index (χ1v) is 9.56. The third-order valence-corrected chi connectivity index (χ3v) is 5.54. The fourth-order valence-corrected chi connectivity index (χ4v) is 3.63. The molecule has 0 atom stereocenters. The monoisotopic (exact) mass is 436 g/mol. The Bertz CT molecular complexity index is 1050. The van der Waals surface area contributed by atoms with Gasteiger partial charge in [0.25, 0.3) is 11.8 Å². The van der Waals surface area contributed by atoms with Crippen LogP contribution in [-0.2, 0) is 16.1 Å². The van der Waals surface area contributed by atoms with Crippen LogP contribution in [0.1, 0.15) is 26.4 Å². The molecule has 142 valence electrons. The number of carbonyl (C=O) groups excluding carboxylic acids is 3. The third-order valence-electron chi connectivity index (χ3n) is 3.96. The lowest BCUT2D eigenvalue weighted by Gasteiger charge is -2.12. The quantitative estimate of drug-likeness (QED) is 0.442. The van der Waals surface area contributed by atoms with Crippen molar-refractivity contribution in [2.45, 2.75) is 6.61 Å². The Labute approximate surface area is 172 Å². The van der Waals surface area contributed by atoms with E-state index in [2.05, 4.69) is 4.98 Å². The van der Waals surface area contributed by atoms with E-state index in [0.717, 1.165) is 9.78 Å². The molecular formula is C18H10Cl2N2O5S. The van der Waals surface area contributed by atoms with Crippen molar-refractivity contribution in [1.29, 1.82) is 0 Å². The van der Waals surface area contributed by atoms with Gasteiger partial charge in [0.15, 0.2) is 0 Å². The predicted octanol–water partition coefficient (Wildman–Crippen LogP) is 4.05. The lowest BCUT2D eigenvalue weighted by molar-refractivity contribution is -0.145. The van der Waals surface area contributed by atoms with Gasteiger partial charge in [0.2, 0.25) is 5.89 Å². The lowest BCUT2D eigenvalue weighted by atomic mass is 10.1. The number of imide groups is 1. The highest BCUT2D eigenvalue weighted by molar-refractivity contribution is 7.13. The van der Waals surface area contributed by atoms with Crippen LogP contribution >= 0.6 is 34.5 Å². The Balaban J connectivity index is 1.39. The van der Waals surface area contributed by atoms with Crippen LogP contribution in [0.3, 0.4) is 0 Å². The molecule has 0 spiro atoms. The van der Waals surface area contributed by atoms with Crippen molar-refractivity contribution < 1.29 is 23.5 Å². The summed E-state index contributed by atoms with van der Waals surface area (Å²) in [4.78, 5) is 42.7. The second-order valence-corrected chi connectivity index (χ2v) is 7.55. The highest BCUT2D eigenvalue weighted by Gasteiger charge is 2.37. The highest BCUT2D eigenvalue weighted by atomic mass is 35.5. The van der Waals surface area contributed by atoms with Crippen LogP contribution in [0.5, 0.6) is 0 Å². The normalized spacial score (nSPS) is 13.1. The van der Waals surface area contributed by atoms with Crippen LogP contribution in [0.2, 0.25) is 10.0 Å². The molecule has 0 unspecified atom stereocenters. The maximum atomic E-state index is 12.4. The van der Waals surface area contributed by atoms with Crippen molar-refractivity contribution in [3.05, 3.63) is 62.8 Å². The molecule has 3 heterocycles. The van der Waals surface area contributed by atoms with Gasteiger partial charge in [0, 0.05) is 0 Å². The van der Waals surface area contributed by atoms with E-state index in [1.54, 1.807) is 0 Å². The SMILES string of the molecule is O=C(CN1C(=O)c2cc(Cl)c(Cl)cc2C1=O)OCc1coc(-c2cccs2)n1. The Morgan fingerprint density at radius 3 is 2.46 bits per heavy atom. The smallest absolute Gasteiger partial charge is 0.326 e. The van der Waals surface area contributed by atoms with Gasteiger partial charge in [-0.25, -0.2) is 4.98 Å². The zero-order valence-electron chi connectivity index (χ0n) is 14.0. The van der Waals surface area contributed by atoms with Crippen LogP contribution in [0.4, 0.5) is 0 Å². The molecule has 0 N–H and O–H groups in total. The number of rotatable bonds is 5. The van der Waals surface area contributed by atoms with Crippen molar-refractivity contribution in [3.8, 4) is 10.8 Å². The van der Waals surface area contributed by atoms with E-state index >= 15 is 0 Å². The lowest BCUT2D eigenvalue weighted by Crippen LogP contribution is -2.35. The number of hydrogen-bond donors (Lipinski definition) is 0. The summed E-state index contributed by atoms with van der Waals surface area (Å²) in [6, 6.07) is 6.35. The van der Waals surface area contributed by atoms with E-state index in [1.807, 2.05) is 17.5 Å².